The third kappa shape index (κ3) is 9.59. The van der Waals surface area contributed by atoms with Gasteiger partial charge < -0.3 is 35.6 Å². The highest BCUT2D eigenvalue weighted by Crippen LogP contribution is 1.86. The normalized spacial score (nSPS) is 9.22. The molecule has 0 bridgehead atoms. The molecule has 0 aromatic rings. The van der Waals surface area contributed by atoms with Crippen LogP contribution in [-0.4, -0.2) is 82.4 Å². The molecule has 2 amide bonds. The Balaban J connectivity index is 0. The lowest BCUT2D eigenvalue weighted by atomic mass is 10.3. The van der Waals surface area contributed by atoms with E-state index in [-0.39, 0.29) is 13.2 Å². The van der Waals surface area contributed by atoms with Gasteiger partial charge in [-0.2, -0.15) is 0 Å². The van der Waals surface area contributed by atoms with Gasteiger partial charge in [0.25, 0.3) is 0 Å². The number of hydrogen-bond donors (Lipinski definition) is 6. The topological polar surface area (TPSA) is 160 Å². The van der Waals surface area contributed by atoms with Gasteiger partial charge in [-0.1, -0.05) is 0 Å². The fraction of sp³-hybridized carbons (Fsp3) is 0.750. The highest BCUT2D eigenvalue weighted by atomic mass is 16.5. The van der Waals surface area contributed by atoms with Crippen molar-refractivity contribution < 1.29 is 39.9 Å². The zero-order valence-corrected chi connectivity index (χ0v) is 9.81. The monoisotopic (exact) mass is 270 g/mol. The van der Waals surface area contributed by atoms with Crippen molar-refractivity contribution in [3.63, 3.8) is 0 Å². The van der Waals surface area contributed by atoms with Crippen LogP contribution in [0.3, 0.4) is 0 Å². The summed E-state index contributed by atoms with van der Waals surface area (Å²) < 4.78 is 4.16. The molecule has 0 aliphatic heterocycles. The van der Waals surface area contributed by atoms with Crippen molar-refractivity contribution in [3.05, 3.63) is 0 Å². The molecule has 0 aliphatic carbocycles. The average Bonchev–Trinajstić information content (AvgIpc) is 2.37. The molecule has 0 saturated carbocycles. The number of hydrogen-bond acceptors (Lipinski definition) is 7. The zero-order valence-electron chi connectivity index (χ0n) is 9.81. The summed E-state index contributed by atoms with van der Waals surface area (Å²) >= 11 is 0. The van der Waals surface area contributed by atoms with Crippen molar-refractivity contribution in [2.75, 3.05) is 33.8 Å². The van der Waals surface area contributed by atoms with E-state index >= 15 is 0 Å². The summed E-state index contributed by atoms with van der Waals surface area (Å²) in [7, 11) is 1.17. The van der Waals surface area contributed by atoms with Gasteiger partial charge >= 0.3 is 12.2 Å². The summed E-state index contributed by atoms with van der Waals surface area (Å²) in [5.74, 6) is 0. The van der Waals surface area contributed by atoms with Crippen molar-refractivity contribution in [2.45, 2.75) is 6.04 Å². The van der Waals surface area contributed by atoms with Gasteiger partial charge in [-0.3, -0.25) is 4.90 Å². The van der Waals surface area contributed by atoms with Crippen LogP contribution in [0.5, 0.6) is 0 Å². The fourth-order valence-corrected chi connectivity index (χ4v) is 0.613. The molecule has 0 radical (unpaired) electrons. The predicted octanol–water partition coefficient (Wildman–Crippen LogP) is -2.44. The standard InChI is InChI=1S/2C4H9NO4/c1-9-4(8)5(2-6)3-7;6-1-3(2-7)5-4(8)9/h6-7H,2-3H2,1H3;3,5-7H,1-2H2,(H,8,9). The van der Waals surface area contributed by atoms with E-state index in [0.717, 1.165) is 4.90 Å². The number of methoxy groups -OCH3 is 1. The molecular weight excluding hydrogens is 252 g/mol. The minimum atomic E-state index is -1.25. The molecule has 10 heteroatoms. The first-order valence-electron chi connectivity index (χ1n) is 4.72. The van der Waals surface area contributed by atoms with Gasteiger partial charge in [0.05, 0.1) is 26.4 Å². The number of nitrogens with one attached hydrogen (secondary N) is 1. The maximum Gasteiger partial charge on any atom is 0.413 e. The largest absolute Gasteiger partial charge is 0.465 e. The first-order chi connectivity index (χ1) is 8.46. The molecule has 0 saturated heterocycles. The highest BCUT2D eigenvalue weighted by molar-refractivity contribution is 5.66. The number of aliphatic hydroxyl groups is 4. The minimum absolute atomic E-state index is 0.386. The number of carbonyl (C=O) groups excluding carboxylic acids is 1. The van der Waals surface area contributed by atoms with E-state index in [9.17, 15) is 9.59 Å². The van der Waals surface area contributed by atoms with E-state index < -0.39 is 31.7 Å². The first-order valence-corrected chi connectivity index (χ1v) is 4.72. The van der Waals surface area contributed by atoms with Crippen LogP contribution in [0.1, 0.15) is 0 Å². The van der Waals surface area contributed by atoms with Gasteiger partial charge in [0, 0.05) is 0 Å². The molecule has 18 heavy (non-hydrogen) atoms. The smallest absolute Gasteiger partial charge is 0.413 e. The van der Waals surface area contributed by atoms with Crippen LogP contribution in [0.4, 0.5) is 9.59 Å². The Bertz CT molecular complexity index is 229. The number of nitrogens with zero attached hydrogens (tertiary/aromatic N) is 1. The second kappa shape index (κ2) is 11.9. The fourth-order valence-electron chi connectivity index (χ4n) is 0.613. The summed E-state index contributed by atoms with van der Waals surface area (Å²) in [6.07, 6.45) is -2.00. The van der Waals surface area contributed by atoms with E-state index in [1.165, 1.54) is 7.11 Å². The predicted molar refractivity (Wildman–Crippen MR) is 57.5 cm³/mol. The lowest BCUT2D eigenvalue weighted by Crippen LogP contribution is -2.39. The molecule has 0 heterocycles. The molecule has 0 rings (SSSR count). The molecule has 10 nitrogen and oxygen atoms in total. The Labute approximate surface area is 103 Å². The van der Waals surface area contributed by atoms with Gasteiger partial charge in [0.15, 0.2) is 0 Å². The molecule has 0 aliphatic rings. The van der Waals surface area contributed by atoms with E-state index in [1.54, 1.807) is 0 Å². The maximum absolute atomic E-state index is 10.4. The van der Waals surface area contributed by atoms with Crippen molar-refractivity contribution in [1.29, 1.82) is 0 Å². The number of rotatable bonds is 5. The second-order valence-corrected chi connectivity index (χ2v) is 2.80. The van der Waals surface area contributed by atoms with Gasteiger partial charge in [-0.25, -0.2) is 9.59 Å². The SMILES string of the molecule is COC(=O)N(CO)CO.O=C(O)NC(CO)CO. The first kappa shape index (κ1) is 18.7. The van der Waals surface area contributed by atoms with Crippen LogP contribution in [0.15, 0.2) is 0 Å². The molecule has 0 spiro atoms. The molecule has 0 aromatic heterocycles. The lowest BCUT2D eigenvalue weighted by molar-refractivity contribution is 0.0260. The Kier molecular flexibility index (Phi) is 12.3. The lowest BCUT2D eigenvalue weighted by Gasteiger charge is -2.13. The van der Waals surface area contributed by atoms with Crippen LogP contribution in [0.2, 0.25) is 0 Å². The van der Waals surface area contributed by atoms with Gasteiger partial charge in [0.1, 0.15) is 13.5 Å². The van der Waals surface area contributed by atoms with Gasteiger partial charge in [-0.15, -0.1) is 0 Å². The number of amides is 2. The second-order valence-electron chi connectivity index (χ2n) is 2.80. The zero-order chi connectivity index (χ0) is 14.6. The van der Waals surface area contributed by atoms with E-state index in [4.69, 9.17) is 25.5 Å². The molecule has 0 atom stereocenters. The molecule has 0 unspecified atom stereocenters. The summed E-state index contributed by atoms with van der Waals surface area (Å²) in [6, 6.07) is -0.762. The van der Waals surface area contributed by atoms with E-state index in [0.29, 0.717) is 0 Å². The van der Waals surface area contributed by atoms with E-state index in [2.05, 4.69) is 4.74 Å². The summed E-state index contributed by atoms with van der Waals surface area (Å²) in [5, 5.41) is 43.1. The molecule has 0 fully saturated rings. The third-order valence-corrected chi connectivity index (χ3v) is 1.54. The van der Waals surface area contributed by atoms with Gasteiger partial charge in [-0.05, 0) is 0 Å². The van der Waals surface area contributed by atoms with Crippen molar-refractivity contribution >= 4 is 12.2 Å². The summed E-state index contributed by atoms with van der Waals surface area (Å²) in [6.45, 7) is -1.85. The van der Waals surface area contributed by atoms with Crippen LogP contribution < -0.4 is 5.32 Å². The van der Waals surface area contributed by atoms with Crippen LogP contribution >= 0.6 is 0 Å². The van der Waals surface area contributed by atoms with Gasteiger partial charge in [0.2, 0.25) is 0 Å². The number of carbonyl (C=O) groups is 2. The maximum atomic E-state index is 10.4. The summed E-state index contributed by atoms with van der Waals surface area (Å²) in [4.78, 5) is 20.9. The molecule has 0 aromatic carbocycles. The Morgan fingerprint density at radius 1 is 1.17 bits per heavy atom. The number of aliphatic hydroxyl groups excluding tert-OH is 4. The average molecular weight is 270 g/mol. The quantitative estimate of drug-likeness (QED) is 0.300. The van der Waals surface area contributed by atoms with Crippen molar-refractivity contribution in [1.82, 2.24) is 10.2 Å². The Morgan fingerprint density at radius 2 is 1.61 bits per heavy atom. The van der Waals surface area contributed by atoms with Crippen molar-refractivity contribution in [2.24, 2.45) is 0 Å². The van der Waals surface area contributed by atoms with Crippen molar-refractivity contribution in [3.8, 4) is 0 Å². The van der Waals surface area contributed by atoms with Crippen LogP contribution in [0, 0.1) is 0 Å². The molecule has 6 N–H and O–H groups in total. The van der Waals surface area contributed by atoms with Crippen LogP contribution in [0.25, 0.3) is 0 Å². The third-order valence-electron chi connectivity index (χ3n) is 1.54. The number of carboxylic acid groups (broad SMARTS) is 1. The highest BCUT2D eigenvalue weighted by Gasteiger charge is 2.08. The van der Waals surface area contributed by atoms with Crippen LogP contribution in [-0.2, 0) is 4.74 Å². The Morgan fingerprint density at radius 3 is 1.72 bits per heavy atom. The number of ether oxygens (including phenoxy) is 1. The summed E-state index contributed by atoms with van der Waals surface area (Å²) in [5.41, 5.74) is 0. The minimum Gasteiger partial charge on any atom is -0.465 e. The van der Waals surface area contributed by atoms with E-state index in [1.807, 2.05) is 5.32 Å². The molecule has 108 valence electrons. The Hall–Kier alpha value is -1.62. The molecular formula is C8H18N2O8.